The summed E-state index contributed by atoms with van der Waals surface area (Å²) in [5, 5.41) is 7.21. The van der Waals surface area contributed by atoms with Crippen molar-refractivity contribution in [2.75, 3.05) is 25.6 Å². The van der Waals surface area contributed by atoms with Crippen LogP contribution in [-0.4, -0.2) is 25.4 Å². The van der Waals surface area contributed by atoms with Crippen molar-refractivity contribution in [2.45, 2.75) is 13.3 Å². The molecule has 3 rings (SSSR count). The molecule has 3 aromatic carbocycles. The summed E-state index contributed by atoms with van der Waals surface area (Å²) in [7, 11) is 1.66. The number of hydrogen-bond donors (Lipinski definition) is 2. The number of methoxy groups -OCH3 is 1. The molecule has 150 valence electrons. The number of thiocarbonyl (C=S) groups is 1. The largest absolute Gasteiger partial charge is 0.493 e. The molecule has 0 amide bonds. The van der Waals surface area contributed by atoms with Gasteiger partial charge in [0.1, 0.15) is 0 Å². The van der Waals surface area contributed by atoms with Gasteiger partial charge in [0.25, 0.3) is 0 Å². The minimum absolute atomic E-state index is 0.603. The van der Waals surface area contributed by atoms with Crippen molar-refractivity contribution in [2.24, 2.45) is 0 Å². The van der Waals surface area contributed by atoms with Gasteiger partial charge in [0, 0.05) is 17.8 Å². The SMILES string of the molecule is CCOc1ccc(CCNC(=S)Nc2ccccc2-c2ccccc2)cc1OC. The summed E-state index contributed by atoms with van der Waals surface area (Å²) in [6.07, 6.45) is 0.824. The van der Waals surface area contributed by atoms with E-state index in [0.29, 0.717) is 11.7 Å². The summed E-state index contributed by atoms with van der Waals surface area (Å²) < 4.78 is 11.0. The lowest BCUT2D eigenvalue weighted by atomic mass is 10.0. The van der Waals surface area contributed by atoms with Crippen LogP contribution in [0.4, 0.5) is 5.69 Å². The van der Waals surface area contributed by atoms with Crippen molar-refractivity contribution in [3.8, 4) is 22.6 Å². The first-order valence-electron chi connectivity index (χ1n) is 9.70. The zero-order valence-corrected chi connectivity index (χ0v) is 17.6. The Bertz CT molecular complexity index is 945. The summed E-state index contributed by atoms with van der Waals surface area (Å²) in [6.45, 7) is 3.29. The first-order chi connectivity index (χ1) is 14.2. The van der Waals surface area contributed by atoms with Crippen LogP contribution in [0.2, 0.25) is 0 Å². The van der Waals surface area contributed by atoms with Gasteiger partial charge < -0.3 is 20.1 Å². The van der Waals surface area contributed by atoms with E-state index in [2.05, 4.69) is 34.9 Å². The van der Waals surface area contributed by atoms with Gasteiger partial charge in [-0.2, -0.15) is 0 Å². The molecule has 0 aromatic heterocycles. The van der Waals surface area contributed by atoms with Crippen LogP contribution in [0.15, 0.2) is 72.8 Å². The summed E-state index contributed by atoms with van der Waals surface area (Å²) in [5.41, 5.74) is 4.41. The van der Waals surface area contributed by atoms with Gasteiger partial charge in [0.15, 0.2) is 16.6 Å². The van der Waals surface area contributed by atoms with Gasteiger partial charge in [-0.25, -0.2) is 0 Å². The molecule has 0 saturated heterocycles. The zero-order chi connectivity index (χ0) is 20.5. The molecule has 0 saturated carbocycles. The van der Waals surface area contributed by atoms with E-state index in [1.54, 1.807) is 7.11 Å². The van der Waals surface area contributed by atoms with E-state index in [4.69, 9.17) is 21.7 Å². The van der Waals surface area contributed by atoms with Gasteiger partial charge in [-0.15, -0.1) is 0 Å². The van der Waals surface area contributed by atoms with E-state index in [-0.39, 0.29) is 0 Å². The lowest BCUT2D eigenvalue weighted by molar-refractivity contribution is 0.310. The summed E-state index contributed by atoms with van der Waals surface area (Å²) in [4.78, 5) is 0. The van der Waals surface area contributed by atoms with E-state index in [1.807, 2.05) is 55.5 Å². The van der Waals surface area contributed by atoms with Crippen molar-refractivity contribution in [3.63, 3.8) is 0 Å². The number of ether oxygens (including phenoxy) is 2. The van der Waals surface area contributed by atoms with Gasteiger partial charge in [-0.05, 0) is 54.9 Å². The smallest absolute Gasteiger partial charge is 0.170 e. The Labute approximate surface area is 177 Å². The Morgan fingerprint density at radius 2 is 1.69 bits per heavy atom. The lowest BCUT2D eigenvalue weighted by Gasteiger charge is -2.15. The van der Waals surface area contributed by atoms with Crippen LogP contribution in [0.3, 0.4) is 0 Å². The molecule has 0 radical (unpaired) electrons. The van der Waals surface area contributed by atoms with Crippen LogP contribution in [-0.2, 0) is 6.42 Å². The highest BCUT2D eigenvalue weighted by Gasteiger charge is 2.07. The summed E-state index contributed by atoms with van der Waals surface area (Å²) in [6, 6.07) is 24.4. The molecule has 0 atom stereocenters. The van der Waals surface area contributed by atoms with Crippen LogP contribution in [0, 0.1) is 0 Å². The van der Waals surface area contributed by atoms with E-state index >= 15 is 0 Å². The Morgan fingerprint density at radius 1 is 0.931 bits per heavy atom. The monoisotopic (exact) mass is 406 g/mol. The van der Waals surface area contributed by atoms with Crippen molar-refractivity contribution < 1.29 is 9.47 Å². The molecule has 0 aliphatic heterocycles. The van der Waals surface area contributed by atoms with Gasteiger partial charge in [0.2, 0.25) is 0 Å². The number of rotatable bonds is 8. The fourth-order valence-electron chi connectivity index (χ4n) is 3.09. The molecule has 4 nitrogen and oxygen atoms in total. The molecule has 0 unspecified atom stereocenters. The molecular weight excluding hydrogens is 380 g/mol. The van der Waals surface area contributed by atoms with E-state index < -0.39 is 0 Å². The molecule has 2 N–H and O–H groups in total. The molecule has 3 aromatic rings. The number of benzene rings is 3. The lowest BCUT2D eigenvalue weighted by Crippen LogP contribution is -2.30. The molecule has 0 heterocycles. The fourth-order valence-corrected chi connectivity index (χ4v) is 3.30. The summed E-state index contributed by atoms with van der Waals surface area (Å²) in [5.74, 6) is 1.52. The highest BCUT2D eigenvalue weighted by Crippen LogP contribution is 2.28. The predicted octanol–water partition coefficient (Wildman–Crippen LogP) is 5.29. The molecule has 29 heavy (non-hydrogen) atoms. The predicted molar refractivity (Wildman–Crippen MR) is 124 cm³/mol. The summed E-state index contributed by atoms with van der Waals surface area (Å²) >= 11 is 5.50. The molecule has 0 fully saturated rings. The maximum atomic E-state index is 5.57. The third-order valence-corrected chi connectivity index (χ3v) is 4.73. The topological polar surface area (TPSA) is 42.5 Å². The van der Waals surface area contributed by atoms with Crippen molar-refractivity contribution in [1.29, 1.82) is 0 Å². The second-order valence-corrected chi connectivity index (χ2v) is 6.87. The van der Waals surface area contributed by atoms with Gasteiger partial charge in [-0.3, -0.25) is 0 Å². The minimum atomic E-state index is 0.603. The van der Waals surface area contributed by atoms with Crippen LogP contribution in [0.1, 0.15) is 12.5 Å². The Balaban J connectivity index is 1.58. The van der Waals surface area contributed by atoms with Crippen LogP contribution in [0.5, 0.6) is 11.5 Å². The van der Waals surface area contributed by atoms with Crippen LogP contribution < -0.4 is 20.1 Å². The number of para-hydroxylation sites is 1. The maximum Gasteiger partial charge on any atom is 0.170 e. The number of anilines is 1. The highest BCUT2D eigenvalue weighted by atomic mass is 32.1. The van der Waals surface area contributed by atoms with Crippen LogP contribution >= 0.6 is 12.2 Å². The molecule has 0 bridgehead atoms. The molecular formula is C24H26N2O2S. The highest BCUT2D eigenvalue weighted by molar-refractivity contribution is 7.80. The van der Waals surface area contributed by atoms with E-state index in [1.165, 1.54) is 0 Å². The van der Waals surface area contributed by atoms with Gasteiger partial charge in [-0.1, -0.05) is 54.6 Å². The molecule has 0 spiro atoms. The van der Waals surface area contributed by atoms with Crippen molar-refractivity contribution >= 4 is 23.0 Å². The maximum absolute atomic E-state index is 5.57. The normalized spacial score (nSPS) is 10.3. The Hall–Kier alpha value is -3.05. The third kappa shape index (κ3) is 5.72. The molecule has 0 aliphatic carbocycles. The minimum Gasteiger partial charge on any atom is -0.493 e. The Kier molecular flexibility index (Phi) is 7.47. The second kappa shape index (κ2) is 10.5. The molecule has 0 aliphatic rings. The van der Waals surface area contributed by atoms with Gasteiger partial charge >= 0.3 is 0 Å². The first-order valence-corrected chi connectivity index (χ1v) is 10.1. The third-order valence-electron chi connectivity index (χ3n) is 4.49. The van der Waals surface area contributed by atoms with Crippen molar-refractivity contribution in [1.82, 2.24) is 5.32 Å². The first kappa shape index (κ1) is 20.7. The standard InChI is InChI=1S/C24H26N2O2S/c1-3-28-22-14-13-18(17-23(22)27-2)15-16-25-24(29)26-21-12-8-7-11-20(21)19-9-5-4-6-10-19/h4-14,17H,3,15-16H2,1-2H3,(H2,25,26,29). The average Bonchev–Trinajstić information content (AvgIpc) is 2.76. The van der Waals surface area contributed by atoms with E-state index in [0.717, 1.165) is 46.8 Å². The number of nitrogens with one attached hydrogen (secondary N) is 2. The molecule has 5 heteroatoms. The van der Waals surface area contributed by atoms with Crippen LogP contribution in [0.25, 0.3) is 11.1 Å². The fraction of sp³-hybridized carbons (Fsp3) is 0.208. The Morgan fingerprint density at radius 3 is 2.45 bits per heavy atom. The number of hydrogen-bond acceptors (Lipinski definition) is 3. The second-order valence-electron chi connectivity index (χ2n) is 6.46. The average molecular weight is 407 g/mol. The van der Waals surface area contributed by atoms with Crippen molar-refractivity contribution in [3.05, 3.63) is 78.4 Å². The zero-order valence-electron chi connectivity index (χ0n) is 16.8. The van der Waals surface area contributed by atoms with E-state index in [9.17, 15) is 0 Å². The van der Waals surface area contributed by atoms with Gasteiger partial charge in [0.05, 0.1) is 13.7 Å². The quantitative estimate of drug-likeness (QED) is 0.498.